The van der Waals surface area contributed by atoms with Crippen LogP contribution in [0.25, 0.3) is 0 Å². The lowest BCUT2D eigenvalue weighted by molar-refractivity contribution is -0.385. The molecule has 0 saturated heterocycles. The van der Waals surface area contributed by atoms with E-state index in [4.69, 9.17) is 14.2 Å². The Hall–Kier alpha value is -3.62. The minimum absolute atomic E-state index is 0.104. The molecule has 0 atom stereocenters. The van der Waals surface area contributed by atoms with Gasteiger partial charge in [-0.25, -0.2) is 4.79 Å². The average Bonchev–Trinajstić information content (AvgIpc) is 2.75. The highest BCUT2D eigenvalue weighted by Crippen LogP contribution is 2.34. The van der Waals surface area contributed by atoms with E-state index in [2.05, 4.69) is 0 Å². The van der Waals surface area contributed by atoms with Gasteiger partial charge in [0, 0.05) is 19.2 Å². The van der Waals surface area contributed by atoms with Gasteiger partial charge >= 0.3 is 5.97 Å². The molecule has 2 aromatic rings. The molecule has 29 heavy (non-hydrogen) atoms. The highest BCUT2D eigenvalue weighted by Gasteiger charge is 2.26. The number of likely N-dealkylation sites (N-methyl/N-ethyl adjacent to an activating group) is 1. The first kappa shape index (κ1) is 21.7. The molecule has 0 aliphatic heterocycles. The van der Waals surface area contributed by atoms with Gasteiger partial charge in [0.25, 0.3) is 11.6 Å². The van der Waals surface area contributed by atoms with Gasteiger partial charge in [0.15, 0.2) is 18.1 Å². The summed E-state index contributed by atoms with van der Waals surface area (Å²) in [4.78, 5) is 37.0. The number of methoxy groups -OCH3 is 2. The molecule has 0 saturated carbocycles. The van der Waals surface area contributed by atoms with Crippen LogP contribution >= 0.6 is 0 Å². The maximum absolute atomic E-state index is 12.4. The molecule has 0 aliphatic carbocycles. The molecule has 0 radical (unpaired) electrons. The number of esters is 1. The number of nitro groups is 1. The monoisotopic (exact) mass is 402 g/mol. The first-order valence-electron chi connectivity index (χ1n) is 8.80. The van der Waals surface area contributed by atoms with Gasteiger partial charge in [-0.1, -0.05) is 30.3 Å². The fourth-order valence-electron chi connectivity index (χ4n) is 2.66. The quantitative estimate of drug-likeness (QED) is 0.360. The number of rotatable bonds is 9. The maximum Gasteiger partial charge on any atom is 0.345 e. The number of ether oxygens (including phenoxy) is 3. The Balaban J connectivity index is 2.13. The summed E-state index contributed by atoms with van der Waals surface area (Å²) in [6.45, 7) is 2.05. The van der Waals surface area contributed by atoms with E-state index >= 15 is 0 Å². The zero-order chi connectivity index (χ0) is 21.4. The van der Waals surface area contributed by atoms with Crippen LogP contribution in [0.1, 0.15) is 22.8 Å². The largest absolute Gasteiger partial charge is 0.493 e. The summed E-state index contributed by atoms with van der Waals surface area (Å²) in [5.41, 5.74) is 0.104. The van der Waals surface area contributed by atoms with Gasteiger partial charge < -0.3 is 19.1 Å². The van der Waals surface area contributed by atoms with Crippen molar-refractivity contribution in [1.29, 1.82) is 0 Å². The van der Waals surface area contributed by atoms with Crippen molar-refractivity contribution < 1.29 is 28.7 Å². The lowest BCUT2D eigenvalue weighted by atomic mass is 10.1. The van der Waals surface area contributed by atoms with Gasteiger partial charge in [0.2, 0.25) is 0 Å². The zero-order valence-corrected chi connectivity index (χ0v) is 16.4. The summed E-state index contributed by atoms with van der Waals surface area (Å²) in [7, 11) is 2.66. The van der Waals surface area contributed by atoms with Gasteiger partial charge in [-0.3, -0.25) is 14.9 Å². The van der Waals surface area contributed by atoms with Crippen molar-refractivity contribution in [3.63, 3.8) is 0 Å². The van der Waals surface area contributed by atoms with Crippen LogP contribution in [0.15, 0.2) is 42.5 Å². The van der Waals surface area contributed by atoms with E-state index in [1.54, 1.807) is 0 Å². The predicted octanol–water partition coefficient (Wildman–Crippen LogP) is 2.82. The highest BCUT2D eigenvalue weighted by molar-refractivity contribution is 5.96. The Morgan fingerprint density at radius 3 is 2.24 bits per heavy atom. The van der Waals surface area contributed by atoms with Crippen LogP contribution in [0.4, 0.5) is 5.69 Å². The van der Waals surface area contributed by atoms with Gasteiger partial charge in [0.05, 0.1) is 25.2 Å². The average molecular weight is 402 g/mol. The summed E-state index contributed by atoms with van der Waals surface area (Å²) in [5.74, 6) is -1.17. The molecule has 0 unspecified atom stereocenters. The highest BCUT2D eigenvalue weighted by atomic mass is 16.6. The van der Waals surface area contributed by atoms with E-state index in [-0.39, 0.29) is 17.1 Å². The molecule has 2 rings (SSSR count). The van der Waals surface area contributed by atoms with Crippen LogP contribution in [0.3, 0.4) is 0 Å². The molecule has 9 heteroatoms. The number of nitro benzene ring substituents is 1. The van der Waals surface area contributed by atoms with Gasteiger partial charge in [-0.15, -0.1) is 0 Å². The van der Waals surface area contributed by atoms with E-state index in [1.165, 1.54) is 19.1 Å². The lowest BCUT2D eigenvalue weighted by Gasteiger charge is -2.21. The SMILES string of the molecule is CCN(Cc1ccccc1)C(=O)COC(=O)c1cc(OC)c(OC)cc1[N+](=O)[O-]. The molecule has 0 aliphatic rings. The van der Waals surface area contributed by atoms with Crippen molar-refractivity contribution in [3.05, 3.63) is 63.7 Å². The number of benzene rings is 2. The van der Waals surface area contributed by atoms with E-state index in [9.17, 15) is 19.7 Å². The standard InChI is InChI=1S/C20H22N2O7/c1-4-21(12-14-8-6-5-7-9-14)19(23)13-29-20(24)15-10-17(27-2)18(28-3)11-16(15)22(25)26/h5-11H,4,12-13H2,1-3H3. The van der Waals surface area contributed by atoms with Crippen molar-refractivity contribution in [2.24, 2.45) is 0 Å². The Morgan fingerprint density at radius 2 is 1.69 bits per heavy atom. The molecule has 0 spiro atoms. The summed E-state index contributed by atoms with van der Waals surface area (Å²) in [6.07, 6.45) is 0. The fraction of sp³-hybridized carbons (Fsp3) is 0.300. The van der Waals surface area contributed by atoms with Crippen molar-refractivity contribution >= 4 is 17.6 Å². The molecule has 0 fully saturated rings. The predicted molar refractivity (Wildman–Crippen MR) is 104 cm³/mol. The molecule has 154 valence electrons. The van der Waals surface area contributed by atoms with Crippen LogP contribution in [-0.2, 0) is 16.1 Å². The minimum Gasteiger partial charge on any atom is -0.493 e. The van der Waals surface area contributed by atoms with Crippen molar-refractivity contribution in [2.45, 2.75) is 13.5 Å². The molecule has 0 aromatic heterocycles. The first-order chi connectivity index (χ1) is 13.9. The molecule has 1 amide bonds. The Labute approximate surface area is 167 Å². The number of carbonyl (C=O) groups excluding carboxylic acids is 2. The van der Waals surface area contributed by atoms with Crippen LogP contribution < -0.4 is 9.47 Å². The third-order valence-corrected chi connectivity index (χ3v) is 4.20. The Bertz CT molecular complexity index is 884. The van der Waals surface area contributed by atoms with E-state index < -0.39 is 29.1 Å². The Morgan fingerprint density at radius 1 is 1.07 bits per heavy atom. The normalized spacial score (nSPS) is 10.2. The fourth-order valence-corrected chi connectivity index (χ4v) is 2.66. The molecule has 0 bridgehead atoms. The Kier molecular flexibility index (Phi) is 7.53. The smallest absolute Gasteiger partial charge is 0.345 e. The summed E-state index contributed by atoms with van der Waals surface area (Å²) in [5, 5.41) is 11.3. The zero-order valence-electron chi connectivity index (χ0n) is 16.4. The molecular weight excluding hydrogens is 380 g/mol. The third-order valence-electron chi connectivity index (χ3n) is 4.20. The molecule has 2 aromatic carbocycles. The van der Waals surface area contributed by atoms with Crippen LogP contribution in [0.5, 0.6) is 11.5 Å². The van der Waals surface area contributed by atoms with Crippen LogP contribution in [0.2, 0.25) is 0 Å². The summed E-state index contributed by atoms with van der Waals surface area (Å²) >= 11 is 0. The second kappa shape index (κ2) is 10.1. The molecule has 9 nitrogen and oxygen atoms in total. The number of carbonyl (C=O) groups is 2. The van der Waals surface area contributed by atoms with Crippen LogP contribution in [-0.4, -0.2) is 49.1 Å². The van der Waals surface area contributed by atoms with Gasteiger partial charge in [-0.2, -0.15) is 0 Å². The lowest BCUT2D eigenvalue weighted by Crippen LogP contribution is -2.34. The minimum atomic E-state index is -0.998. The summed E-state index contributed by atoms with van der Waals surface area (Å²) < 4.78 is 15.1. The first-order valence-corrected chi connectivity index (χ1v) is 8.80. The molecule has 0 heterocycles. The van der Waals surface area contributed by atoms with Crippen molar-refractivity contribution in [3.8, 4) is 11.5 Å². The van der Waals surface area contributed by atoms with E-state index in [0.29, 0.717) is 13.1 Å². The third kappa shape index (κ3) is 5.44. The van der Waals surface area contributed by atoms with E-state index in [1.807, 2.05) is 37.3 Å². The van der Waals surface area contributed by atoms with Crippen LogP contribution in [0, 0.1) is 10.1 Å². The van der Waals surface area contributed by atoms with Crippen molar-refractivity contribution in [2.75, 3.05) is 27.4 Å². The van der Waals surface area contributed by atoms with Crippen molar-refractivity contribution in [1.82, 2.24) is 4.90 Å². The second-order valence-electron chi connectivity index (χ2n) is 5.95. The number of hydrogen-bond donors (Lipinski definition) is 0. The molecular formula is C20H22N2O7. The maximum atomic E-state index is 12.4. The second-order valence-corrected chi connectivity index (χ2v) is 5.95. The number of amides is 1. The van der Waals surface area contributed by atoms with E-state index in [0.717, 1.165) is 17.7 Å². The number of hydrogen-bond acceptors (Lipinski definition) is 7. The molecule has 0 N–H and O–H groups in total. The number of nitrogens with zero attached hydrogens (tertiary/aromatic N) is 2. The van der Waals surface area contributed by atoms with Gasteiger partial charge in [0.1, 0.15) is 5.56 Å². The van der Waals surface area contributed by atoms with Gasteiger partial charge in [-0.05, 0) is 12.5 Å². The topological polar surface area (TPSA) is 108 Å². The summed E-state index contributed by atoms with van der Waals surface area (Å²) in [6, 6.07) is 11.6.